The summed E-state index contributed by atoms with van der Waals surface area (Å²) in [5.41, 5.74) is 2.09. The molecule has 2 fully saturated rings. The Labute approximate surface area is 137 Å². The molecule has 0 spiro atoms. The largest absolute Gasteiger partial charge is 0.352 e. The lowest BCUT2D eigenvalue weighted by Gasteiger charge is -2.44. The maximum atomic E-state index is 4.82. The fourth-order valence-corrected chi connectivity index (χ4v) is 3.82. The Morgan fingerprint density at radius 3 is 2.74 bits per heavy atom. The first kappa shape index (κ1) is 14.6. The minimum Gasteiger partial charge on any atom is -0.352 e. The molecule has 0 amide bonds. The van der Waals surface area contributed by atoms with Gasteiger partial charge < -0.3 is 4.90 Å². The monoisotopic (exact) mass is 312 g/mol. The van der Waals surface area contributed by atoms with Crippen LogP contribution in [0.3, 0.4) is 0 Å². The van der Waals surface area contributed by atoms with E-state index < -0.39 is 0 Å². The first-order valence-electron chi connectivity index (χ1n) is 8.55. The summed E-state index contributed by atoms with van der Waals surface area (Å²) in [7, 11) is 0. The van der Waals surface area contributed by atoms with E-state index in [1.165, 1.54) is 25.8 Å². The molecule has 6 nitrogen and oxygen atoms in total. The Morgan fingerprint density at radius 2 is 1.91 bits per heavy atom. The summed E-state index contributed by atoms with van der Waals surface area (Å²) in [6.07, 6.45) is 7.69. The molecule has 0 radical (unpaired) electrons. The Hall–Kier alpha value is -1.95. The van der Waals surface area contributed by atoms with E-state index in [-0.39, 0.29) is 0 Å². The van der Waals surface area contributed by atoms with Gasteiger partial charge >= 0.3 is 0 Å². The average molecular weight is 312 g/mol. The smallest absolute Gasteiger partial charge is 0.174 e. The fourth-order valence-electron chi connectivity index (χ4n) is 3.82. The number of rotatable bonds is 2. The summed E-state index contributed by atoms with van der Waals surface area (Å²) in [4.78, 5) is 14.3. The topological polar surface area (TPSA) is 50.1 Å². The number of piperazine rings is 1. The van der Waals surface area contributed by atoms with Crippen LogP contribution in [-0.4, -0.2) is 56.9 Å². The maximum absolute atomic E-state index is 4.82. The van der Waals surface area contributed by atoms with E-state index in [1.54, 1.807) is 6.20 Å². The van der Waals surface area contributed by atoms with Crippen LogP contribution >= 0.6 is 0 Å². The number of hydrogen-bond donors (Lipinski definition) is 0. The fraction of sp³-hybridized carbons (Fsp3) is 0.588. The molecule has 0 bridgehead atoms. The van der Waals surface area contributed by atoms with Gasteiger partial charge in [0.2, 0.25) is 0 Å². The van der Waals surface area contributed by atoms with Crippen molar-refractivity contribution in [3.63, 3.8) is 0 Å². The van der Waals surface area contributed by atoms with Crippen LogP contribution in [0.1, 0.15) is 30.7 Å². The van der Waals surface area contributed by atoms with Crippen LogP contribution in [-0.2, 0) is 0 Å². The molecule has 23 heavy (non-hydrogen) atoms. The Balaban J connectivity index is 1.58. The van der Waals surface area contributed by atoms with Gasteiger partial charge in [-0.15, -0.1) is 0 Å². The highest BCUT2D eigenvalue weighted by Gasteiger charge is 2.29. The van der Waals surface area contributed by atoms with Gasteiger partial charge in [0.05, 0.1) is 18.1 Å². The van der Waals surface area contributed by atoms with Gasteiger partial charge in [-0.2, -0.15) is 5.10 Å². The number of aromatic nitrogens is 4. The highest BCUT2D eigenvalue weighted by Crippen LogP contribution is 2.24. The van der Waals surface area contributed by atoms with Gasteiger partial charge in [-0.05, 0) is 39.3 Å². The Kier molecular flexibility index (Phi) is 3.77. The molecule has 4 heterocycles. The van der Waals surface area contributed by atoms with Crippen LogP contribution in [0.2, 0.25) is 0 Å². The lowest BCUT2D eigenvalue weighted by Crippen LogP contribution is -2.55. The van der Waals surface area contributed by atoms with E-state index >= 15 is 0 Å². The van der Waals surface area contributed by atoms with Crippen molar-refractivity contribution in [2.45, 2.75) is 39.2 Å². The molecule has 1 atom stereocenters. The summed E-state index contributed by atoms with van der Waals surface area (Å²) in [6, 6.07) is 2.74. The number of hydrogen-bond acceptors (Lipinski definition) is 5. The predicted octanol–water partition coefficient (Wildman–Crippen LogP) is 1.95. The van der Waals surface area contributed by atoms with Crippen LogP contribution in [0.4, 0.5) is 5.82 Å². The van der Waals surface area contributed by atoms with Crippen LogP contribution in [0.25, 0.3) is 5.82 Å². The van der Waals surface area contributed by atoms with Crippen molar-refractivity contribution in [3.8, 4) is 5.82 Å². The molecule has 6 heteroatoms. The van der Waals surface area contributed by atoms with E-state index in [0.29, 0.717) is 6.04 Å². The summed E-state index contributed by atoms with van der Waals surface area (Å²) >= 11 is 0. The summed E-state index contributed by atoms with van der Waals surface area (Å²) in [5.74, 6) is 1.78. The third kappa shape index (κ3) is 2.83. The van der Waals surface area contributed by atoms with E-state index in [9.17, 15) is 0 Å². The van der Waals surface area contributed by atoms with Gasteiger partial charge in [-0.3, -0.25) is 9.88 Å². The second-order valence-electron chi connectivity index (χ2n) is 6.71. The molecule has 0 saturated carbocycles. The van der Waals surface area contributed by atoms with E-state index in [4.69, 9.17) is 4.98 Å². The van der Waals surface area contributed by atoms with Gasteiger partial charge in [-0.25, -0.2) is 9.67 Å². The Bertz CT molecular complexity index is 694. The van der Waals surface area contributed by atoms with Gasteiger partial charge in [-0.1, -0.05) is 6.42 Å². The van der Waals surface area contributed by atoms with Crippen molar-refractivity contribution in [3.05, 3.63) is 29.8 Å². The van der Waals surface area contributed by atoms with Crippen molar-refractivity contribution < 1.29 is 0 Å². The lowest BCUT2D eigenvalue weighted by atomic mass is 9.99. The minimum absolute atomic E-state index is 0.677. The molecule has 2 aliphatic rings. The van der Waals surface area contributed by atoms with Crippen molar-refractivity contribution in [1.29, 1.82) is 0 Å². The first-order chi connectivity index (χ1) is 11.2. The van der Waals surface area contributed by atoms with Crippen LogP contribution in [0.15, 0.2) is 18.5 Å². The molecule has 2 aliphatic heterocycles. The van der Waals surface area contributed by atoms with Crippen molar-refractivity contribution >= 4 is 5.82 Å². The molecule has 0 aromatic carbocycles. The third-order valence-corrected chi connectivity index (χ3v) is 5.00. The molecule has 0 N–H and O–H groups in total. The van der Waals surface area contributed by atoms with Gasteiger partial charge in [0.1, 0.15) is 5.82 Å². The highest BCUT2D eigenvalue weighted by atomic mass is 15.4. The molecular formula is C17H24N6. The zero-order chi connectivity index (χ0) is 15.8. The Morgan fingerprint density at radius 1 is 1.04 bits per heavy atom. The standard InChI is InChI=1S/C17H24N6/c1-13-9-14(2)23(20-13)17-11-18-10-16(19-17)22-8-7-21-6-4-3-5-15(21)12-22/h9-11,15H,3-8,12H2,1-2H3. The van der Waals surface area contributed by atoms with E-state index in [0.717, 1.165) is 42.7 Å². The van der Waals surface area contributed by atoms with Gasteiger partial charge in [0.15, 0.2) is 5.82 Å². The van der Waals surface area contributed by atoms with Crippen molar-refractivity contribution in [2.24, 2.45) is 0 Å². The summed E-state index contributed by atoms with van der Waals surface area (Å²) < 4.78 is 1.88. The van der Waals surface area contributed by atoms with Crippen LogP contribution in [0.5, 0.6) is 0 Å². The van der Waals surface area contributed by atoms with Crippen molar-refractivity contribution in [1.82, 2.24) is 24.6 Å². The molecule has 1 unspecified atom stereocenters. The molecule has 2 aromatic heterocycles. The SMILES string of the molecule is Cc1cc(C)n(-c2cncc(N3CCN4CCCCC4C3)n2)n1. The van der Waals surface area contributed by atoms with Gasteiger partial charge in [0.25, 0.3) is 0 Å². The van der Waals surface area contributed by atoms with Crippen LogP contribution in [0, 0.1) is 13.8 Å². The number of fused-ring (bicyclic) bond motifs is 1. The zero-order valence-electron chi connectivity index (χ0n) is 13.9. The number of anilines is 1. The third-order valence-electron chi connectivity index (χ3n) is 5.00. The second-order valence-corrected chi connectivity index (χ2v) is 6.71. The molecule has 122 valence electrons. The molecule has 2 aromatic rings. The average Bonchev–Trinajstić information content (AvgIpc) is 2.93. The summed E-state index contributed by atoms with van der Waals surface area (Å²) in [6.45, 7) is 8.55. The van der Waals surface area contributed by atoms with E-state index in [1.807, 2.05) is 17.8 Å². The molecule has 2 saturated heterocycles. The normalized spacial score (nSPS) is 22.2. The van der Waals surface area contributed by atoms with Gasteiger partial charge in [0, 0.05) is 31.4 Å². The number of piperidine rings is 1. The highest BCUT2D eigenvalue weighted by molar-refractivity contribution is 5.41. The molecular weight excluding hydrogens is 288 g/mol. The number of aryl methyl sites for hydroxylation is 2. The first-order valence-corrected chi connectivity index (χ1v) is 8.55. The summed E-state index contributed by atoms with van der Waals surface area (Å²) in [5, 5.41) is 4.52. The quantitative estimate of drug-likeness (QED) is 0.848. The number of nitrogens with zero attached hydrogens (tertiary/aromatic N) is 6. The van der Waals surface area contributed by atoms with Crippen molar-refractivity contribution in [2.75, 3.05) is 31.1 Å². The lowest BCUT2D eigenvalue weighted by molar-refractivity contribution is 0.133. The zero-order valence-corrected chi connectivity index (χ0v) is 13.9. The van der Waals surface area contributed by atoms with Crippen LogP contribution < -0.4 is 4.90 Å². The predicted molar refractivity (Wildman–Crippen MR) is 90.1 cm³/mol. The maximum Gasteiger partial charge on any atom is 0.174 e. The van der Waals surface area contributed by atoms with E-state index in [2.05, 4.69) is 32.9 Å². The molecule has 0 aliphatic carbocycles. The molecule has 4 rings (SSSR count). The second kappa shape index (κ2) is 5.92. The minimum atomic E-state index is 0.677.